The quantitative estimate of drug-likeness (QED) is 0.734. The van der Waals surface area contributed by atoms with E-state index in [9.17, 15) is 5.11 Å². The molecule has 2 N–H and O–H groups in total. The van der Waals surface area contributed by atoms with E-state index >= 15 is 0 Å². The van der Waals surface area contributed by atoms with Crippen molar-refractivity contribution in [2.24, 2.45) is 0 Å². The summed E-state index contributed by atoms with van der Waals surface area (Å²) in [7, 11) is 0. The van der Waals surface area contributed by atoms with Gasteiger partial charge in [0.2, 0.25) is 0 Å². The standard InChI is InChI=1S/C18H27N3O/c1-4-6-15-13-16(7-8-17(15)22)18(2,3)20-9-5-11-21-12-10-19-14-21/h7-8,10,12-14,20,22H,4-6,9,11H2,1-3H3. The van der Waals surface area contributed by atoms with E-state index < -0.39 is 0 Å². The van der Waals surface area contributed by atoms with Crippen LogP contribution in [-0.4, -0.2) is 21.2 Å². The van der Waals surface area contributed by atoms with Gasteiger partial charge in [0.05, 0.1) is 6.33 Å². The molecule has 0 bridgehead atoms. The van der Waals surface area contributed by atoms with Gasteiger partial charge in [-0.15, -0.1) is 0 Å². The predicted octanol–water partition coefficient (Wildman–Crippen LogP) is 3.46. The Morgan fingerprint density at radius 2 is 2.14 bits per heavy atom. The maximum atomic E-state index is 9.92. The molecule has 0 spiro atoms. The molecule has 0 saturated carbocycles. The maximum Gasteiger partial charge on any atom is 0.118 e. The number of phenolic OH excluding ortho intramolecular Hbond substituents is 1. The SMILES string of the molecule is CCCc1cc(C(C)(C)NCCCn2ccnc2)ccc1O. The van der Waals surface area contributed by atoms with Gasteiger partial charge in [-0.05, 0) is 50.4 Å². The van der Waals surface area contributed by atoms with Gasteiger partial charge >= 0.3 is 0 Å². The summed E-state index contributed by atoms with van der Waals surface area (Å²) in [6, 6.07) is 5.95. The van der Waals surface area contributed by atoms with Crippen molar-refractivity contribution >= 4 is 0 Å². The predicted molar refractivity (Wildman–Crippen MR) is 90.0 cm³/mol. The number of benzene rings is 1. The molecule has 120 valence electrons. The van der Waals surface area contributed by atoms with Crippen molar-refractivity contribution in [1.82, 2.24) is 14.9 Å². The van der Waals surface area contributed by atoms with E-state index in [1.807, 2.05) is 30.9 Å². The van der Waals surface area contributed by atoms with E-state index in [2.05, 4.69) is 41.7 Å². The van der Waals surface area contributed by atoms with Gasteiger partial charge < -0.3 is 15.0 Å². The lowest BCUT2D eigenvalue weighted by Gasteiger charge is -2.28. The summed E-state index contributed by atoms with van der Waals surface area (Å²) in [5.41, 5.74) is 2.15. The Balaban J connectivity index is 1.92. The highest BCUT2D eigenvalue weighted by Crippen LogP contribution is 2.26. The first-order valence-corrected chi connectivity index (χ1v) is 8.06. The van der Waals surface area contributed by atoms with Crippen LogP contribution in [0.3, 0.4) is 0 Å². The molecule has 22 heavy (non-hydrogen) atoms. The third kappa shape index (κ3) is 4.34. The largest absolute Gasteiger partial charge is 0.508 e. The van der Waals surface area contributed by atoms with Gasteiger partial charge in [-0.2, -0.15) is 0 Å². The fourth-order valence-electron chi connectivity index (χ4n) is 2.63. The third-order valence-corrected chi connectivity index (χ3v) is 4.04. The average molecular weight is 301 g/mol. The minimum absolute atomic E-state index is 0.106. The van der Waals surface area contributed by atoms with Crippen molar-refractivity contribution in [2.45, 2.75) is 52.1 Å². The van der Waals surface area contributed by atoms with E-state index in [1.165, 1.54) is 5.56 Å². The van der Waals surface area contributed by atoms with Crippen LogP contribution in [0, 0.1) is 0 Å². The van der Waals surface area contributed by atoms with Crippen molar-refractivity contribution in [1.29, 1.82) is 0 Å². The number of nitrogens with one attached hydrogen (secondary N) is 1. The fraction of sp³-hybridized carbons (Fsp3) is 0.500. The van der Waals surface area contributed by atoms with Gasteiger partial charge in [-0.25, -0.2) is 4.98 Å². The van der Waals surface area contributed by atoms with E-state index in [-0.39, 0.29) is 5.54 Å². The molecule has 0 unspecified atom stereocenters. The Bertz CT molecular complexity index is 576. The number of nitrogens with zero attached hydrogens (tertiary/aromatic N) is 2. The maximum absolute atomic E-state index is 9.92. The van der Waals surface area contributed by atoms with Crippen LogP contribution in [-0.2, 0) is 18.5 Å². The topological polar surface area (TPSA) is 50.1 Å². The summed E-state index contributed by atoms with van der Waals surface area (Å²) in [6.07, 6.45) is 8.65. The average Bonchev–Trinajstić information content (AvgIpc) is 2.99. The van der Waals surface area contributed by atoms with Crippen LogP contribution in [0.5, 0.6) is 5.75 Å². The molecule has 0 aliphatic heterocycles. The molecule has 4 heteroatoms. The third-order valence-electron chi connectivity index (χ3n) is 4.04. The zero-order chi connectivity index (χ0) is 16.0. The summed E-state index contributed by atoms with van der Waals surface area (Å²) < 4.78 is 2.09. The number of aromatic nitrogens is 2. The molecular weight excluding hydrogens is 274 g/mol. The Hall–Kier alpha value is -1.81. The molecule has 1 aromatic heterocycles. The monoisotopic (exact) mass is 301 g/mol. The zero-order valence-corrected chi connectivity index (χ0v) is 13.8. The first-order chi connectivity index (χ1) is 10.5. The first kappa shape index (κ1) is 16.6. The van der Waals surface area contributed by atoms with Crippen LogP contribution >= 0.6 is 0 Å². The van der Waals surface area contributed by atoms with Gasteiger partial charge in [0.25, 0.3) is 0 Å². The summed E-state index contributed by atoms with van der Waals surface area (Å²) in [5.74, 6) is 0.404. The number of imidazole rings is 1. The molecule has 0 fully saturated rings. The lowest BCUT2D eigenvalue weighted by atomic mass is 9.91. The van der Waals surface area contributed by atoms with Crippen molar-refractivity contribution < 1.29 is 5.11 Å². The van der Waals surface area contributed by atoms with Crippen LogP contribution in [0.2, 0.25) is 0 Å². The molecule has 1 heterocycles. The summed E-state index contributed by atoms with van der Waals surface area (Å²) >= 11 is 0. The smallest absolute Gasteiger partial charge is 0.118 e. The second-order valence-electron chi connectivity index (χ2n) is 6.30. The van der Waals surface area contributed by atoms with Crippen LogP contribution < -0.4 is 5.32 Å². The van der Waals surface area contributed by atoms with Crippen LogP contribution in [0.1, 0.15) is 44.7 Å². The van der Waals surface area contributed by atoms with Gasteiger partial charge in [-0.3, -0.25) is 0 Å². The summed E-state index contributed by atoms with van der Waals surface area (Å²) in [5, 5.41) is 13.5. The van der Waals surface area contributed by atoms with Crippen molar-refractivity contribution in [3.8, 4) is 5.75 Å². The Morgan fingerprint density at radius 1 is 1.32 bits per heavy atom. The fourth-order valence-corrected chi connectivity index (χ4v) is 2.63. The molecule has 0 amide bonds. The summed E-state index contributed by atoms with van der Waals surface area (Å²) in [6.45, 7) is 8.42. The highest BCUT2D eigenvalue weighted by Gasteiger charge is 2.20. The van der Waals surface area contributed by atoms with E-state index in [0.717, 1.165) is 37.9 Å². The van der Waals surface area contributed by atoms with Gasteiger partial charge in [0.15, 0.2) is 0 Å². The second-order valence-corrected chi connectivity index (χ2v) is 6.30. The number of aryl methyl sites for hydroxylation is 2. The Morgan fingerprint density at radius 3 is 2.82 bits per heavy atom. The number of hydrogen-bond acceptors (Lipinski definition) is 3. The highest BCUT2D eigenvalue weighted by atomic mass is 16.3. The van der Waals surface area contributed by atoms with E-state index in [4.69, 9.17) is 0 Å². The molecule has 0 radical (unpaired) electrons. The molecule has 1 aromatic carbocycles. The van der Waals surface area contributed by atoms with E-state index in [1.54, 1.807) is 0 Å². The minimum atomic E-state index is -0.106. The van der Waals surface area contributed by atoms with Crippen LogP contribution in [0.25, 0.3) is 0 Å². The molecule has 4 nitrogen and oxygen atoms in total. The molecule has 2 aromatic rings. The summed E-state index contributed by atoms with van der Waals surface area (Å²) in [4.78, 5) is 4.05. The first-order valence-electron chi connectivity index (χ1n) is 8.06. The normalized spacial score (nSPS) is 11.8. The highest BCUT2D eigenvalue weighted by molar-refractivity contribution is 5.38. The van der Waals surface area contributed by atoms with Crippen LogP contribution in [0.4, 0.5) is 0 Å². The Labute approximate surface area is 133 Å². The van der Waals surface area contributed by atoms with E-state index in [0.29, 0.717) is 5.75 Å². The Kier molecular flexibility index (Phi) is 5.61. The molecule has 0 saturated heterocycles. The number of hydrogen-bond donors (Lipinski definition) is 2. The molecular formula is C18H27N3O. The lowest BCUT2D eigenvalue weighted by Crippen LogP contribution is -2.37. The van der Waals surface area contributed by atoms with Crippen molar-refractivity contribution in [2.75, 3.05) is 6.54 Å². The van der Waals surface area contributed by atoms with Crippen molar-refractivity contribution in [3.05, 3.63) is 48.0 Å². The second kappa shape index (κ2) is 7.45. The van der Waals surface area contributed by atoms with Gasteiger partial charge in [0.1, 0.15) is 5.75 Å². The lowest BCUT2D eigenvalue weighted by molar-refractivity contribution is 0.391. The minimum Gasteiger partial charge on any atom is -0.508 e. The molecule has 0 aliphatic carbocycles. The van der Waals surface area contributed by atoms with Crippen LogP contribution in [0.15, 0.2) is 36.9 Å². The molecule has 0 atom stereocenters. The van der Waals surface area contributed by atoms with Gasteiger partial charge in [0, 0.05) is 24.5 Å². The molecule has 2 rings (SSSR count). The molecule has 0 aliphatic rings. The number of rotatable bonds is 8. The number of phenols is 1. The van der Waals surface area contributed by atoms with Crippen molar-refractivity contribution in [3.63, 3.8) is 0 Å². The zero-order valence-electron chi connectivity index (χ0n) is 13.8. The van der Waals surface area contributed by atoms with Gasteiger partial charge in [-0.1, -0.05) is 25.5 Å². The number of aromatic hydroxyl groups is 1.